The number of aliphatic hydroxyl groups excluding tert-OH is 1. The van der Waals surface area contributed by atoms with Gasteiger partial charge in [0.1, 0.15) is 0 Å². The van der Waals surface area contributed by atoms with Crippen LogP contribution in [-0.2, 0) is 0 Å². The van der Waals surface area contributed by atoms with E-state index in [9.17, 15) is 9.90 Å². The molecule has 0 spiro atoms. The molecule has 3 N–H and O–H groups in total. The quantitative estimate of drug-likeness (QED) is 0.630. The highest BCUT2D eigenvalue weighted by molar-refractivity contribution is 5.73. The number of urea groups is 1. The maximum atomic E-state index is 11.8. The van der Waals surface area contributed by atoms with Crippen LogP contribution in [0.15, 0.2) is 0 Å². The highest BCUT2D eigenvalue weighted by Gasteiger charge is 2.20. The summed E-state index contributed by atoms with van der Waals surface area (Å²) in [4.78, 5) is 14.3. The zero-order valence-electron chi connectivity index (χ0n) is 14.7. The molecule has 0 aromatic rings. The van der Waals surface area contributed by atoms with Crippen LogP contribution in [-0.4, -0.2) is 54.9 Å². The van der Waals surface area contributed by atoms with Crippen LogP contribution >= 0.6 is 0 Å². The Labute approximate surface area is 141 Å². The van der Waals surface area contributed by atoms with Crippen LogP contribution in [0.1, 0.15) is 64.2 Å². The number of hydrogen-bond donors (Lipinski definition) is 3. The lowest BCUT2D eigenvalue weighted by atomic mass is 9.87. The molecule has 0 radical (unpaired) electrons. The van der Waals surface area contributed by atoms with E-state index >= 15 is 0 Å². The Hall–Kier alpha value is -0.810. The Balaban J connectivity index is 1.49. The van der Waals surface area contributed by atoms with Crippen molar-refractivity contribution in [3.05, 3.63) is 0 Å². The van der Waals surface area contributed by atoms with Crippen molar-refractivity contribution in [2.45, 2.75) is 76.4 Å². The summed E-state index contributed by atoms with van der Waals surface area (Å²) in [5, 5.41) is 15.5. The molecule has 2 saturated carbocycles. The summed E-state index contributed by atoms with van der Waals surface area (Å²) in [5.74, 6) is 0.432. The maximum Gasteiger partial charge on any atom is 0.314 e. The second-order valence-electron chi connectivity index (χ2n) is 7.45. The van der Waals surface area contributed by atoms with Crippen LogP contribution in [0.5, 0.6) is 0 Å². The summed E-state index contributed by atoms with van der Waals surface area (Å²) in [7, 11) is 2.21. The first-order chi connectivity index (χ1) is 11.1. The number of carbonyl (C=O) groups excluding carboxylic acids is 1. The van der Waals surface area contributed by atoms with Crippen LogP contribution < -0.4 is 10.6 Å². The number of amides is 2. The maximum absolute atomic E-state index is 11.8. The molecule has 2 amide bonds. The zero-order chi connectivity index (χ0) is 16.5. The Morgan fingerprint density at radius 1 is 1.09 bits per heavy atom. The van der Waals surface area contributed by atoms with Crippen molar-refractivity contribution in [2.24, 2.45) is 5.92 Å². The van der Waals surface area contributed by atoms with Gasteiger partial charge in [0.15, 0.2) is 0 Å². The number of carbonyl (C=O) groups is 1. The highest BCUT2D eigenvalue weighted by Crippen LogP contribution is 2.23. The largest absolute Gasteiger partial charge is 0.393 e. The first kappa shape index (κ1) is 18.5. The van der Waals surface area contributed by atoms with Crippen molar-refractivity contribution in [1.29, 1.82) is 0 Å². The van der Waals surface area contributed by atoms with Gasteiger partial charge in [-0.1, -0.05) is 25.7 Å². The normalized spacial score (nSPS) is 26.2. The van der Waals surface area contributed by atoms with Gasteiger partial charge in [0.25, 0.3) is 0 Å². The summed E-state index contributed by atoms with van der Waals surface area (Å²) in [5.41, 5.74) is 0. The average Bonchev–Trinajstić information content (AvgIpc) is 2.57. The molecule has 0 bridgehead atoms. The second kappa shape index (κ2) is 10.1. The molecule has 2 aliphatic carbocycles. The van der Waals surface area contributed by atoms with Crippen molar-refractivity contribution in [3.8, 4) is 0 Å². The topological polar surface area (TPSA) is 64.6 Å². The van der Waals surface area contributed by atoms with E-state index in [-0.39, 0.29) is 12.1 Å². The van der Waals surface area contributed by atoms with Gasteiger partial charge in [-0.2, -0.15) is 0 Å². The summed E-state index contributed by atoms with van der Waals surface area (Å²) in [6, 6.07) is 0.681. The first-order valence-corrected chi connectivity index (χ1v) is 9.55. The third-order valence-corrected chi connectivity index (χ3v) is 5.48. The monoisotopic (exact) mass is 325 g/mol. The standard InChI is InChI=1S/C18H35N3O2/c1-21(16-8-3-2-4-9-16)12-6-11-19-18(23)20-14-15-7-5-10-17(22)13-15/h15-17,22H,2-14H2,1H3,(H2,19,20,23). The van der Waals surface area contributed by atoms with Crippen molar-refractivity contribution < 1.29 is 9.90 Å². The number of nitrogens with one attached hydrogen (secondary N) is 2. The van der Waals surface area contributed by atoms with E-state index in [2.05, 4.69) is 22.6 Å². The second-order valence-corrected chi connectivity index (χ2v) is 7.45. The molecule has 5 nitrogen and oxygen atoms in total. The lowest BCUT2D eigenvalue weighted by molar-refractivity contribution is 0.101. The molecule has 2 fully saturated rings. The lowest BCUT2D eigenvalue weighted by Gasteiger charge is -2.31. The van der Waals surface area contributed by atoms with E-state index in [0.717, 1.165) is 51.2 Å². The van der Waals surface area contributed by atoms with E-state index in [1.807, 2.05) is 0 Å². The molecule has 2 unspecified atom stereocenters. The Morgan fingerprint density at radius 2 is 1.87 bits per heavy atom. The van der Waals surface area contributed by atoms with E-state index < -0.39 is 0 Å². The van der Waals surface area contributed by atoms with Gasteiger partial charge in [-0.3, -0.25) is 0 Å². The van der Waals surface area contributed by atoms with Crippen molar-refractivity contribution in [3.63, 3.8) is 0 Å². The number of rotatable bonds is 7. The van der Waals surface area contributed by atoms with Gasteiger partial charge in [-0.25, -0.2) is 4.79 Å². The van der Waals surface area contributed by atoms with Gasteiger partial charge in [0.2, 0.25) is 0 Å². The fourth-order valence-corrected chi connectivity index (χ4v) is 3.98. The molecule has 5 heteroatoms. The van der Waals surface area contributed by atoms with Gasteiger partial charge >= 0.3 is 6.03 Å². The summed E-state index contributed by atoms with van der Waals surface area (Å²) in [6.45, 7) is 2.47. The van der Waals surface area contributed by atoms with E-state index in [1.165, 1.54) is 32.1 Å². The fraction of sp³-hybridized carbons (Fsp3) is 0.944. The Kier molecular flexibility index (Phi) is 8.17. The number of aliphatic hydroxyl groups is 1. The average molecular weight is 325 g/mol. The van der Waals surface area contributed by atoms with Gasteiger partial charge < -0.3 is 20.6 Å². The minimum atomic E-state index is -0.172. The minimum absolute atomic E-state index is 0.0645. The van der Waals surface area contributed by atoms with Crippen LogP contribution in [0.3, 0.4) is 0 Å². The van der Waals surface area contributed by atoms with E-state index in [0.29, 0.717) is 12.5 Å². The molecule has 0 aromatic carbocycles. The summed E-state index contributed by atoms with van der Waals surface area (Å²) < 4.78 is 0. The summed E-state index contributed by atoms with van der Waals surface area (Å²) in [6.07, 6.45) is 11.5. The van der Waals surface area contributed by atoms with E-state index in [1.54, 1.807) is 0 Å². The van der Waals surface area contributed by atoms with Crippen LogP contribution in [0, 0.1) is 5.92 Å². The third-order valence-electron chi connectivity index (χ3n) is 5.48. The Bertz CT molecular complexity index is 345. The predicted molar refractivity (Wildman–Crippen MR) is 93.5 cm³/mol. The molecule has 0 saturated heterocycles. The molecular formula is C18H35N3O2. The van der Waals surface area contributed by atoms with Crippen LogP contribution in [0.25, 0.3) is 0 Å². The van der Waals surface area contributed by atoms with Crippen molar-refractivity contribution in [1.82, 2.24) is 15.5 Å². The third kappa shape index (κ3) is 7.08. The molecule has 23 heavy (non-hydrogen) atoms. The van der Waals surface area contributed by atoms with Crippen LogP contribution in [0.4, 0.5) is 4.79 Å². The fourth-order valence-electron chi connectivity index (χ4n) is 3.98. The molecular weight excluding hydrogens is 290 g/mol. The van der Waals surface area contributed by atoms with Gasteiger partial charge in [-0.05, 0) is 58.0 Å². The molecule has 134 valence electrons. The van der Waals surface area contributed by atoms with Gasteiger partial charge in [0, 0.05) is 19.1 Å². The van der Waals surface area contributed by atoms with E-state index in [4.69, 9.17) is 0 Å². The smallest absolute Gasteiger partial charge is 0.314 e. The first-order valence-electron chi connectivity index (χ1n) is 9.55. The zero-order valence-corrected chi connectivity index (χ0v) is 14.7. The molecule has 0 aromatic heterocycles. The highest BCUT2D eigenvalue weighted by atomic mass is 16.3. The molecule has 2 rings (SSSR count). The molecule has 2 aliphatic rings. The lowest BCUT2D eigenvalue weighted by Crippen LogP contribution is -2.41. The van der Waals surface area contributed by atoms with Gasteiger partial charge in [-0.15, -0.1) is 0 Å². The SMILES string of the molecule is CN(CCCNC(=O)NCC1CCCC(O)C1)C1CCCCC1. The number of hydrogen-bond acceptors (Lipinski definition) is 3. The molecule has 2 atom stereocenters. The summed E-state index contributed by atoms with van der Waals surface area (Å²) >= 11 is 0. The van der Waals surface area contributed by atoms with Crippen molar-refractivity contribution >= 4 is 6.03 Å². The number of nitrogens with zero attached hydrogens (tertiary/aromatic N) is 1. The van der Waals surface area contributed by atoms with Crippen LogP contribution in [0.2, 0.25) is 0 Å². The van der Waals surface area contributed by atoms with Gasteiger partial charge in [0.05, 0.1) is 6.10 Å². The minimum Gasteiger partial charge on any atom is -0.393 e. The Morgan fingerprint density at radius 3 is 2.61 bits per heavy atom. The van der Waals surface area contributed by atoms with Crippen molar-refractivity contribution in [2.75, 3.05) is 26.7 Å². The molecule has 0 aliphatic heterocycles. The molecule has 0 heterocycles. The predicted octanol–water partition coefficient (Wildman–Crippen LogP) is 2.49.